The van der Waals surface area contributed by atoms with E-state index in [4.69, 9.17) is 4.98 Å². The largest absolute Gasteiger partial charge is 0.309 e. The van der Waals surface area contributed by atoms with E-state index in [9.17, 15) is 0 Å². The number of piperazine rings is 1. The van der Waals surface area contributed by atoms with Crippen molar-refractivity contribution in [1.82, 2.24) is 19.6 Å². The summed E-state index contributed by atoms with van der Waals surface area (Å²) in [6.45, 7) is 9.97. The van der Waals surface area contributed by atoms with Gasteiger partial charge in [-0.1, -0.05) is 13.3 Å². The summed E-state index contributed by atoms with van der Waals surface area (Å²) in [5, 5.41) is 5.75. The summed E-state index contributed by atoms with van der Waals surface area (Å²) in [6, 6.07) is 0.632. The van der Waals surface area contributed by atoms with E-state index in [1.807, 2.05) is 0 Å². The van der Waals surface area contributed by atoms with Crippen molar-refractivity contribution < 1.29 is 0 Å². The first-order valence-electron chi connectivity index (χ1n) is 7.47. The van der Waals surface area contributed by atoms with Gasteiger partial charge in [-0.2, -0.15) is 0 Å². The highest BCUT2D eigenvalue weighted by Gasteiger charge is 2.32. The lowest BCUT2D eigenvalue weighted by Crippen LogP contribution is -2.61. The third kappa shape index (κ3) is 2.90. The molecule has 1 saturated heterocycles. The van der Waals surface area contributed by atoms with E-state index in [1.165, 1.54) is 18.5 Å². The maximum absolute atomic E-state index is 4.73. The molecule has 20 heavy (non-hydrogen) atoms. The smallest absolute Gasteiger partial charge is 0.193 e. The van der Waals surface area contributed by atoms with Crippen LogP contribution in [0.15, 0.2) is 17.8 Å². The van der Waals surface area contributed by atoms with Crippen molar-refractivity contribution in [1.29, 1.82) is 0 Å². The molecule has 2 aromatic rings. The molecule has 110 valence electrons. The Labute approximate surface area is 124 Å². The van der Waals surface area contributed by atoms with E-state index in [-0.39, 0.29) is 5.54 Å². The highest BCUT2D eigenvalue weighted by Crippen LogP contribution is 2.21. The number of nitrogens with one attached hydrogen (secondary N) is 1. The van der Waals surface area contributed by atoms with Crippen molar-refractivity contribution in [3.8, 4) is 0 Å². The van der Waals surface area contributed by atoms with Crippen molar-refractivity contribution in [2.24, 2.45) is 0 Å². The molecule has 1 atom stereocenters. The molecular weight excluding hydrogens is 268 g/mol. The first-order chi connectivity index (χ1) is 9.57. The van der Waals surface area contributed by atoms with E-state index in [1.54, 1.807) is 11.3 Å². The van der Waals surface area contributed by atoms with Crippen LogP contribution in [0.3, 0.4) is 0 Å². The zero-order valence-electron chi connectivity index (χ0n) is 12.6. The average molecular weight is 292 g/mol. The zero-order valence-corrected chi connectivity index (χ0v) is 13.4. The molecule has 0 radical (unpaired) electrons. The lowest BCUT2D eigenvalue weighted by Gasteiger charge is -2.44. The molecule has 0 amide bonds. The lowest BCUT2D eigenvalue weighted by molar-refractivity contribution is 0.0817. The second-order valence-electron chi connectivity index (χ2n) is 6.44. The molecule has 4 nitrogen and oxygen atoms in total. The minimum atomic E-state index is 0.196. The van der Waals surface area contributed by atoms with Gasteiger partial charge >= 0.3 is 0 Å². The second kappa shape index (κ2) is 5.47. The second-order valence-corrected chi connectivity index (χ2v) is 7.31. The highest BCUT2D eigenvalue weighted by atomic mass is 32.1. The minimum absolute atomic E-state index is 0.196. The molecule has 2 aromatic heterocycles. The number of nitrogens with zero attached hydrogens (tertiary/aromatic N) is 3. The topological polar surface area (TPSA) is 32.6 Å². The summed E-state index contributed by atoms with van der Waals surface area (Å²) >= 11 is 1.70. The Bertz CT molecular complexity index is 543. The van der Waals surface area contributed by atoms with Crippen LogP contribution in [0.2, 0.25) is 0 Å². The third-order valence-corrected chi connectivity index (χ3v) is 4.83. The first-order valence-corrected chi connectivity index (χ1v) is 8.35. The predicted molar refractivity (Wildman–Crippen MR) is 84.3 cm³/mol. The van der Waals surface area contributed by atoms with Gasteiger partial charge in [0.25, 0.3) is 0 Å². The molecule has 0 spiro atoms. The molecule has 1 aliphatic heterocycles. The van der Waals surface area contributed by atoms with Crippen LogP contribution >= 0.6 is 11.3 Å². The highest BCUT2D eigenvalue weighted by molar-refractivity contribution is 7.15. The number of fused-ring (bicyclic) bond motifs is 1. The summed E-state index contributed by atoms with van der Waals surface area (Å²) < 4.78 is 2.13. The third-order valence-electron chi connectivity index (χ3n) is 4.06. The standard InChI is InChI=1S/C15H24N4S/c1-4-5-13-8-16-15(2,3)11-19(13)10-12-9-18-6-7-20-14(18)17-12/h6-7,9,13,16H,4-5,8,10-11H2,1-3H3. The van der Waals surface area contributed by atoms with Gasteiger partial charge < -0.3 is 5.32 Å². The Morgan fingerprint density at radius 1 is 1.50 bits per heavy atom. The summed E-state index contributed by atoms with van der Waals surface area (Å²) in [5.41, 5.74) is 1.39. The van der Waals surface area contributed by atoms with Crippen LogP contribution in [-0.2, 0) is 6.54 Å². The van der Waals surface area contributed by atoms with Gasteiger partial charge in [0.1, 0.15) is 0 Å². The molecule has 0 aliphatic carbocycles. The molecule has 5 heteroatoms. The van der Waals surface area contributed by atoms with Gasteiger partial charge in [-0.25, -0.2) is 4.98 Å². The maximum atomic E-state index is 4.73. The first kappa shape index (κ1) is 14.0. The predicted octanol–water partition coefficient (Wildman–Crippen LogP) is 2.75. The maximum Gasteiger partial charge on any atom is 0.193 e. The van der Waals surface area contributed by atoms with Gasteiger partial charge in [0.2, 0.25) is 0 Å². The van der Waals surface area contributed by atoms with E-state index in [0.29, 0.717) is 6.04 Å². The van der Waals surface area contributed by atoms with Crippen molar-refractivity contribution in [2.75, 3.05) is 13.1 Å². The van der Waals surface area contributed by atoms with Crippen LogP contribution < -0.4 is 5.32 Å². The number of hydrogen-bond acceptors (Lipinski definition) is 4. The molecule has 0 bridgehead atoms. The fraction of sp³-hybridized carbons (Fsp3) is 0.667. The Hall–Kier alpha value is -0.910. The summed E-state index contributed by atoms with van der Waals surface area (Å²) in [4.78, 5) is 8.43. The summed E-state index contributed by atoms with van der Waals surface area (Å²) in [7, 11) is 0. The molecule has 3 heterocycles. The quantitative estimate of drug-likeness (QED) is 0.940. The van der Waals surface area contributed by atoms with Gasteiger partial charge in [-0.15, -0.1) is 11.3 Å². The van der Waals surface area contributed by atoms with Crippen molar-refractivity contribution in [3.05, 3.63) is 23.5 Å². The summed E-state index contributed by atoms with van der Waals surface area (Å²) in [6.07, 6.45) is 6.75. The van der Waals surface area contributed by atoms with Gasteiger partial charge in [-0.3, -0.25) is 9.30 Å². The van der Waals surface area contributed by atoms with Crippen LogP contribution in [-0.4, -0.2) is 39.0 Å². The average Bonchev–Trinajstić information content (AvgIpc) is 2.93. The number of rotatable bonds is 4. The number of imidazole rings is 1. The number of aromatic nitrogens is 2. The van der Waals surface area contributed by atoms with Crippen LogP contribution in [0.25, 0.3) is 4.96 Å². The fourth-order valence-corrected chi connectivity index (χ4v) is 3.80. The van der Waals surface area contributed by atoms with Crippen LogP contribution in [0.1, 0.15) is 39.3 Å². The fourth-order valence-electron chi connectivity index (χ4n) is 3.08. The Balaban J connectivity index is 1.76. The molecule has 1 aliphatic rings. The van der Waals surface area contributed by atoms with Crippen LogP contribution in [0.4, 0.5) is 0 Å². The van der Waals surface area contributed by atoms with E-state index in [2.05, 4.69) is 53.2 Å². The van der Waals surface area contributed by atoms with Gasteiger partial charge in [0.15, 0.2) is 4.96 Å². The normalized spacial score (nSPS) is 23.4. The molecule has 0 saturated carbocycles. The number of thiazole rings is 1. The summed E-state index contributed by atoms with van der Waals surface area (Å²) in [5.74, 6) is 0. The molecule has 0 aromatic carbocycles. The Morgan fingerprint density at radius 2 is 2.35 bits per heavy atom. The van der Waals surface area contributed by atoms with Crippen LogP contribution in [0, 0.1) is 0 Å². The van der Waals surface area contributed by atoms with E-state index in [0.717, 1.165) is 24.6 Å². The van der Waals surface area contributed by atoms with Crippen molar-refractivity contribution >= 4 is 16.3 Å². The lowest BCUT2D eigenvalue weighted by atomic mass is 9.96. The van der Waals surface area contributed by atoms with Crippen molar-refractivity contribution in [3.63, 3.8) is 0 Å². The number of hydrogen-bond donors (Lipinski definition) is 1. The van der Waals surface area contributed by atoms with E-state index >= 15 is 0 Å². The molecule has 1 unspecified atom stereocenters. The molecule has 3 rings (SSSR count). The van der Waals surface area contributed by atoms with Gasteiger partial charge in [0, 0.05) is 49.0 Å². The monoisotopic (exact) mass is 292 g/mol. The molecular formula is C15H24N4S. The van der Waals surface area contributed by atoms with E-state index < -0.39 is 0 Å². The van der Waals surface area contributed by atoms with Crippen LogP contribution in [0.5, 0.6) is 0 Å². The zero-order chi connectivity index (χ0) is 14.2. The SMILES string of the molecule is CCCC1CNC(C)(C)CN1Cc1cn2ccsc2n1. The Kier molecular flexibility index (Phi) is 3.84. The van der Waals surface area contributed by atoms with Gasteiger partial charge in [0.05, 0.1) is 5.69 Å². The molecule has 1 fully saturated rings. The Morgan fingerprint density at radius 3 is 3.10 bits per heavy atom. The van der Waals surface area contributed by atoms with Gasteiger partial charge in [-0.05, 0) is 20.3 Å². The molecule has 1 N–H and O–H groups in total. The van der Waals surface area contributed by atoms with Crippen molar-refractivity contribution in [2.45, 2.75) is 51.7 Å². The minimum Gasteiger partial charge on any atom is -0.309 e.